The molecule has 1 nitrogen and oxygen atoms in total. The van der Waals surface area contributed by atoms with E-state index in [4.69, 9.17) is 0 Å². The first-order valence-electron chi connectivity index (χ1n) is 8.61. The summed E-state index contributed by atoms with van der Waals surface area (Å²) in [6, 6.07) is 0. The van der Waals surface area contributed by atoms with Gasteiger partial charge < -0.3 is 6.42 Å². The Morgan fingerprint density at radius 2 is 1.90 bits per heavy atom. The van der Waals surface area contributed by atoms with Crippen LogP contribution in [0, 0.1) is 35.0 Å². The van der Waals surface area contributed by atoms with Gasteiger partial charge in [-0.2, -0.15) is 11.8 Å². The Morgan fingerprint density at radius 3 is 2.71 bits per heavy atom. The van der Waals surface area contributed by atoms with Crippen LogP contribution >= 0.6 is 0 Å². The van der Waals surface area contributed by atoms with Crippen LogP contribution in [0.2, 0.25) is 0 Å². The fourth-order valence-electron chi connectivity index (χ4n) is 6.30. The minimum Gasteiger partial charge on any atom is -0.322 e. The zero-order valence-electron chi connectivity index (χ0n) is 13.5. The molecule has 0 bridgehead atoms. The molecule has 0 aromatic rings. The van der Waals surface area contributed by atoms with Crippen molar-refractivity contribution in [3.8, 4) is 0 Å². The van der Waals surface area contributed by atoms with Crippen molar-refractivity contribution in [3.63, 3.8) is 0 Å². The topological polar surface area (TPSA) is 17.1 Å². The second-order valence-corrected chi connectivity index (χ2v) is 8.29. The molecule has 0 heterocycles. The minimum absolute atomic E-state index is 0. The van der Waals surface area contributed by atoms with Crippen molar-refractivity contribution in [3.05, 3.63) is 18.1 Å². The number of ketones is 1. The van der Waals surface area contributed by atoms with Crippen molar-refractivity contribution in [1.82, 2.24) is 0 Å². The summed E-state index contributed by atoms with van der Waals surface area (Å²) >= 11 is 0. The van der Waals surface area contributed by atoms with Gasteiger partial charge in [0.1, 0.15) is 0 Å². The van der Waals surface area contributed by atoms with Crippen LogP contribution in [-0.4, -0.2) is 5.78 Å². The summed E-state index contributed by atoms with van der Waals surface area (Å²) in [6.45, 7) is 4.99. The maximum absolute atomic E-state index is 11.8. The molecule has 4 aliphatic rings. The van der Waals surface area contributed by atoms with Gasteiger partial charge in [-0.05, 0) is 42.6 Å². The normalized spacial score (nSPS) is 48.6. The van der Waals surface area contributed by atoms with Crippen molar-refractivity contribution >= 4 is 5.78 Å². The molecule has 3 saturated carbocycles. The van der Waals surface area contributed by atoms with Gasteiger partial charge in [0.05, 0.1) is 0 Å². The quantitative estimate of drug-likeness (QED) is 0.572. The van der Waals surface area contributed by atoms with Crippen molar-refractivity contribution in [2.75, 3.05) is 0 Å². The third kappa shape index (κ3) is 2.37. The molecule has 5 atom stereocenters. The number of hydrogen-bond acceptors (Lipinski definition) is 1. The van der Waals surface area contributed by atoms with Gasteiger partial charge in [-0.15, -0.1) is 0 Å². The van der Waals surface area contributed by atoms with Gasteiger partial charge in [0.25, 0.3) is 0 Å². The fraction of sp³-hybridized carbons (Fsp3) is 0.789. The van der Waals surface area contributed by atoms with E-state index in [1.165, 1.54) is 44.1 Å². The molecule has 0 aromatic heterocycles. The van der Waals surface area contributed by atoms with E-state index in [9.17, 15) is 4.79 Å². The fourth-order valence-corrected chi connectivity index (χ4v) is 6.30. The van der Waals surface area contributed by atoms with Crippen LogP contribution in [-0.2, 0) is 37.5 Å². The number of hydrogen-bond donors (Lipinski definition) is 0. The Bertz CT molecular complexity index is 482. The van der Waals surface area contributed by atoms with E-state index in [0.717, 1.165) is 30.6 Å². The number of fused-ring (bicyclic) bond motifs is 5. The second kappa shape index (κ2) is 5.55. The van der Waals surface area contributed by atoms with Crippen LogP contribution in [0.3, 0.4) is 0 Å². The Hall–Kier alpha value is 0.514. The Kier molecular flexibility index (Phi) is 4.33. The molecule has 0 aliphatic heterocycles. The molecular formula is C19H27OY+2. The van der Waals surface area contributed by atoms with Crippen LogP contribution in [0.4, 0.5) is 0 Å². The third-order valence-corrected chi connectivity index (χ3v) is 7.49. The summed E-state index contributed by atoms with van der Waals surface area (Å²) < 4.78 is 0. The summed E-state index contributed by atoms with van der Waals surface area (Å²) in [7, 11) is 0. The van der Waals surface area contributed by atoms with Gasteiger partial charge in [-0.25, -0.2) is 0 Å². The number of carbonyl (C=O) groups is 1. The average molecular weight is 360 g/mol. The largest absolute Gasteiger partial charge is 3.00 e. The Morgan fingerprint density at radius 1 is 1.10 bits per heavy atom. The van der Waals surface area contributed by atoms with Crippen LogP contribution < -0.4 is 0 Å². The van der Waals surface area contributed by atoms with Gasteiger partial charge in [-0.1, -0.05) is 44.6 Å². The Labute approximate surface area is 154 Å². The minimum atomic E-state index is 0. The van der Waals surface area contributed by atoms with E-state index in [2.05, 4.69) is 20.3 Å². The molecular weight excluding hydrogens is 333 g/mol. The summed E-state index contributed by atoms with van der Waals surface area (Å²) in [6.07, 6.45) is 14.6. The van der Waals surface area contributed by atoms with E-state index in [1.807, 2.05) is 6.08 Å². The van der Waals surface area contributed by atoms with Gasteiger partial charge in [-0.3, -0.25) is 4.79 Å². The second-order valence-electron chi connectivity index (χ2n) is 8.29. The van der Waals surface area contributed by atoms with E-state index in [-0.39, 0.29) is 32.7 Å². The van der Waals surface area contributed by atoms with Crippen LogP contribution in [0.25, 0.3) is 0 Å². The molecule has 3 fully saturated rings. The molecule has 0 saturated heterocycles. The van der Waals surface area contributed by atoms with E-state index < -0.39 is 0 Å². The first-order chi connectivity index (χ1) is 9.53. The van der Waals surface area contributed by atoms with Gasteiger partial charge in [0.2, 0.25) is 0 Å². The molecule has 5 unspecified atom stereocenters. The number of allylic oxidation sites excluding steroid dienone is 1. The molecule has 110 valence electrons. The predicted molar refractivity (Wildman–Crippen MR) is 81.0 cm³/mol. The van der Waals surface area contributed by atoms with Crippen LogP contribution in [0.1, 0.15) is 65.2 Å². The maximum atomic E-state index is 11.8. The van der Waals surface area contributed by atoms with Crippen molar-refractivity contribution in [2.24, 2.45) is 28.6 Å². The molecule has 0 radical (unpaired) electrons. The van der Waals surface area contributed by atoms with Gasteiger partial charge >= 0.3 is 32.7 Å². The van der Waals surface area contributed by atoms with Crippen LogP contribution in [0.5, 0.6) is 0 Å². The summed E-state index contributed by atoms with van der Waals surface area (Å²) in [5, 5.41) is 0. The standard InChI is InChI=1S/C19H27O.Y/c1-18-9-3-4-16(18)15-6-5-13-12-14(20)7-11-19(13,2)17(15)8-10-18;/h9,12,15-17H,3-8,10-11H2,1-2H3;/q-1;+3. The zero-order valence-corrected chi connectivity index (χ0v) is 16.4. The van der Waals surface area contributed by atoms with Crippen LogP contribution in [0.15, 0.2) is 11.6 Å². The molecule has 4 rings (SSSR count). The molecule has 0 aromatic carbocycles. The first kappa shape index (κ1) is 16.4. The first-order valence-corrected chi connectivity index (χ1v) is 8.61. The summed E-state index contributed by atoms with van der Waals surface area (Å²) in [5.41, 5.74) is 2.38. The Balaban J connectivity index is 0.00000132. The van der Waals surface area contributed by atoms with E-state index in [1.54, 1.807) is 0 Å². The third-order valence-electron chi connectivity index (χ3n) is 7.49. The van der Waals surface area contributed by atoms with Crippen molar-refractivity contribution < 1.29 is 37.5 Å². The monoisotopic (exact) mass is 360 g/mol. The van der Waals surface area contributed by atoms with E-state index >= 15 is 0 Å². The molecule has 0 spiro atoms. The van der Waals surface area contributed by atoms with Gasteiger partial charge in [0, 0.05) is 6.42 Å². The smallest absolute Gasteiger partial charge is 0.322 e. The maximum Gasteiger partial charge on any atom is 3.00 e. The summed E-state index contributed by atoms with van der Waals surface area (Å²) in [5.74, 6) is 3.08. The predicted octanol–water partition coefficient (Wildman–Crippen LogP) is 4.72. The number of carbonyl (C=O) groups excluding carboxylic acids is 1. The SMILES string of the molecule is CC12[CH-]CCC1C1CCC3=CC(=O)CCC3(C)C1CC2.[Y+3]. The molecule has 4 aliphatic carbocycles. The van der Waals surface area contributed by atoms with Gasteiger partial charge in [0.15, 0.2) is 5.78 Å². The summed E-state index contributed by atoms with van der Waals surface area (Å²) in [4.78, 5) is 11.8. The molecule has 0 amide bonds. The molecule has 2 heteroatoms. The molecule has 21 heavy (non-hydrogen) atoms. The molecule has 0 N–H and O–H groups in total. The van der Waals surface area contributed by atoms with Crippen molar-refractivity contribution in [2.45, 2.75) is 65.2 Å². The zero-order chi connectivity index (χ0) is 14.0. The van der Waals surface area contributed by atoms with E-state index in [0.29, 0.717) is 16.6 Å². The van der Waals surface area contributed by atoms with Crippen molar-refractivity contribution in [1.29, 1.82) is 0 Å². The average Bonchev–Trinajstić information content (AvgIpc) is 2.81. The number of rotatable bonds is 0.